The van der Waals surface area contributed by atoms with Crippen molar-refractivity contribution in [3.8, 4) is 11.3 Å². The van der Waals surface area contributed by atoms with Crippen molar-refractivity contribution in [2.75, 3.05) is 11.9 Å². The second-order valence-corrected chi connectivity index (χ2v) is 8.36. The molecule has 0 fully saturated rings. The normalized spacial score (nSPS) is 11.7. The van der Waals surface area contributed by atoms with Gasteiger partial charge in [0.2, 0.25) is 0 Å². The zero-order chi connectivity index (χ0) is 22.2. The first-order valence-corrected chi connectivity index (χ1v) is 10.8. The van der Waals surface area contributed by atoms with Crippen molar-refractivity contribution in [2.45, 2.75) is 33.1 Å². The molecule has 32 heavy (non-hydrogen) atoms. The highest BCUT2D eigenvalue weighted by Crippen LogP contribution is 2.27. The summed E-state index contributed by atoms with van der Waals surface area (Å²) in [6, 6.07) is 11.7. The van der Waals surface area contributed by atoms with Gasteiger partial charge in [-0.15, -0.1) is 0 Å². The van der Waals surface area contributed by atoms with Crippen LogP contribution < -0.4 is 5.32 Å². The summed E-state index contributed by atoms with van der Waals surface area (Å²) in [5, 5.41) is 9.35. The van der Waals surface area contributed by atoms with E-state index >= 15 is 0 Å². The van der Waals surface area contributed by atoms with Gasteiger partial charge in [-0.25, -0.2) is 9.37 Å². The third-order valence-electron chi connectivity index (χ3n) is 5.83. The van der Waals surface area contributed by atoms with Gasteiger partial charge in [0, 0.05) is 46.5 Å². The molecule has 0 aliphatic carbocycles. The van der Waals surface area contributed by atoms with Crippen molar-refractivity contribution >= 4 is 22.4 Å². The van der Waals surface area contributed by atoms with Crippen LogP contribution in [0.2, 0.25) is 0 Å². The van der Waals surface area contributed by atoms with E-state index in [0.29, 0.717) is 11.3 Å². The van der Waals surface area contributed by atoms with Crippen LogP contribution in [0.25, 0.3) is 27.8 Å². The molecule has 0 spiro atoms. The molecule has 6 nitrogen and oxygen atoms in total. The monoisotopic (exact) mass is 428 g/mol. The van der Waals surface area contributed by atoms with Crippen LogP contribution >= 0.6 is 0 Å². The van der Waals surface area contributed by atoms with Crippen LogP contribution in [0.4, 0.5) is 10.2 Å². The van der Waals surface area contributed by atoms with Gasteiger partial charge in [-0.2, -0.15) is 9.61 Å². The SMILES string of the molecule is Cc1[nH]c2ccccc2c1CCNc1cc(-c2cncc(F)c2)nc2c(C(C)C)cnn12. The van der Waals surface area contributed by atoms with Crippen LogP contribution in [0.1, 0.15) is 36.6 Å². The Labute approximate surface area is 185 Å². The first-order valence-electron chi connectivity index (χ1n) is 10.8. The summed E-state index contributed by atoms with van der Waals surface area (Å²) in [5.74, 6) is 0.701. The van der Waals surface area contributed by atoms with Crippen molar-refractivity contribution in [1.29, 1.82) is 0 Å². The average molecular weight is 429 g/mol. The van der Waals surface area contributed by atoms with Gasteiger partial charge in [-0.1, -0.05) is 32.0 Å². The first kappa shape index (κ1) is 20.2. The number of para-hydroxylation sites is 1. The Hall–Kier alpha value is -3.74. The number of hydrogen-bond acceptors (Lipinski definition) is 4. The van der Waals surface area contributed by atoms with Gasteiger partial charge >= 0.3 is 0 Å². The van der Waals surface area contributed by atoms with Crippen molar-refractivity contribution in [2.24, 2.45) is 0 Å². The Kier molecular flexibility index (Phi) is 5.09. The number of rotatable bonds is 6. The van der Waals surface area contributed by atoms with Crippen molar-refractivity contribution in [3.05, 3.63) is 77.6 Å². The van der Waals surface area contributed by atoms with Crippen LogP contribution in [-0.2, 0) is 6.42 Å². The van der Waals surface area contributed by atoms with Gasteiger partial charge in [0.05, 0.1) is 18.1 Å². The fourth-order valence-corrected chi connectivity index (χ4v) is 4.19. The lowest BCUT2D eigenvalue weighted by Crippen LogP contribution is -2.10. The maximum absolute atomic E-state index is 13.8. The van der Waals surface area contributed by atoms with Gasteiger partial charge in [0.1, 0.15) is 11.6 Å². The van der Waals surface area contributed by atoms with Gasteiger partial charge in [-0.3, -0.25) is 4.98 Å². The number of aromatic nitrogens is 5. The van der Waals surface area contributed by atoms with E-state index in [9.17, 15) is 4.39 Å². The summed E-state index contributed by atoms with van der Waals surface area (Å²) < 4.78 is 15.6. The lowest BCUT2D eigenvalue weighted by Gasteiger charge is -2.12. The predicted octanol–water partition coefficient (Wildman–Crippen LogP) is 5.50. The maximum Gasteiger partial charge on any atom is 0.161 e. The minimum atomic E-state index is -0.383. The van der Waals surface area contributed by atoms with E-state index < -0.39 is 0 Å². The Morgan fingerprint density at radius 3 is 2.78 bits per heavy atom. The molecule has 0 saturated carbocycles. The number of hydrogen-bond donors (Lipinski definition) is 2. The number of aromatic amines is 1. The number of aryl methyl sites for hydroxylation is 1. The molecule has 0 saturated heterocycles. The number of H-pyrrole nitrogens is 1. The zero-order valence-electron chi connectivity index (χ0n) is 18.4. The highest BCUT2D eigenvalue weighted by Gasteiger charge is 2.16. The summed E-state index contributed by atoms with van der Waals surface area (Å²) in [4.78, 5) is 12.2. The summed E-state index contributed by atoms with van der Waals surface area (Å²) in [7, 11) is 0. The number of nitrogens with zero attached hydrogens (tertiary/aromatic N) is 4. The number of pyridine rings is 1. The second kappa shape index (κ2) is 8.07. The molecule has 5 aromatic rings. The molecular formula is C25H25FN6. The molecule has 7 heteroatoms. The topological polar surface area (TPSA) is 70.9 Å². The Morgan fingerprint density at radius 2 is 1.97 bits per heavy atom. The molecule has 162 valence electrons. The fourth-order valence-electron chi connectivity index (χ4n) is 4.19. The van der Waals surface area contributed by atoms with E-state index in [1.165, 1.54) is 28.9 Å². The maximum atomic E-state index is 13.8. The molecule has 0 bridgehead atoms. The van der Waals surface area contributed by atoms with Crippen LogP contribution in [0.15, 0.2) is 55.0 Å². The highest BCUT2D eigenvalue weighted by atomic mass is 19.1. The van der Waals surface area contributed by atoms with E-state index in [1.54, 1.807) is 6.20 Å². The van der Waals surface area contributed by atoms with E-state index in [0.717, 1.165) is 35.5 Å². The molecular weight excluding hydrogens is 403 g/mol. The molecule has 0 atom stereocenters. The average Bonchev–Trinajstić information content (AvgIpc) is 3.35. The molecule has 0 amide bonds. The standard InChI is InChI=1S/C25H25FN6/c1-15(2)21-14-29-32-24(11-23(31-25(21)32)17-10-18(26)13-27-12-17)28-9-8-19-16(3)30-22-7-5-4-6-20(19)22/h4-7,10-15,28,30H,8-9H2,1-3H3. The molecule has 0 aliphatic rings. The van der Waals surface area contributed by atoms with Gasteiger partial charge in [0.25, 0.3) is 0 Å². The quantitative estimate of drug-likeness (QED) is 0.375. The van der Waals surface area contributed by atoms with Crippen molar-refractivity contribution < 1.29 is 4.39 Å². The molecule has 4 heterocycles. The van der Waals surface area contributed by atoms with Gasteiger partial charge in [-0.05, 0) is 37.0 Å². The fraction of sp³-hybridized carbons (Fsp3) is 0.240. The number of fused-ring (bicyclic) bond motifs is 2. The minimum Gasteiger partial charge on any atom is -0.370 e. The third kappa shape index (κ3) is 3.60. The molecule has 0 radical (unpaired) electrons. The van der Waals surface area contributed by atoms with E-state index in [-0.39, 0.29) is 11.7 Å². The predicted molar refractivity (Wildman–Crippen MR) is 125 cm³/mol. The summed E-state index contributed by atoms with van der Waals surface area (Å²) >= 11 is 0. The van der Waals surface area contributed by atoms with Crippen molar-refractivity contribution in [3.63, 3.8) is 0 Å². The zero-order valence-corrected chi connectivity index (χ0v) is 18.4. The molecule has 2 N–H and O–H groups in total. The Morgan fingerprint density at radius 1 is 1.12 bits per heavy atom. The number of benzene rings is 1. The van der Waals surface area contributed by atoms with Crippen LogP contribution in [0.3, 0.4) is 0 Å². The summed E-state index contributed by atoms with van der Waals surface area (Å²) in [5.41, 5.74) is 6.76. The molecule has 1 aromatic carbocycles. The molecule has 5 rings (SSSR count). The first-order chi connectivity index (χ1) is 15.5. The van der Waals surface area contributed by atoms with Crippen molar-refractivity contribution in [1.82, 2.24) is 24.6 Å². The number of nitrogens with one attached hydrogen (secondary N) is 2. The van der Waals surface area contributed by atoms with Gasteiger partial charge < -0.3 is 10.3 Å². The van der Waals surface area contributed by atoms with E-state index in [2.05, 4.69) is 59.4 Å². The van der Waals surface area contributed by atoms with Gasteiger partial charge in [0.15, 0.2) is 5.65 Å². The molecule has 0 unspecified atom stereocenters. The Balaban J connectivity index is 1.50. The smallest absolute Gasteiger partial charge is 0.161 e. The number of anilines is 1. The molecule has 0 aliphatic heterocycles. The lowest BCUT2D eigenvalue weighted by atomic mass is 10.1. The third-order valence-corrected chi connectivity index (χ3v) is 5.83. The van der Waals surface area contributed by atoms with E-state index in [4.69, 9.17) is 4.98 Å². The molecule has 4 aromatic heterocycles. The highest BCUT2D eigenvalue weighted by molar-refractivity contribution is 5.84. The van der Waals surface area contributed by atoms with Crippen LogP contribution in [0.5, 0.6) is 0 Å². The lowest BCUT2D eigenvalue weighted by molar-refractivity contribution is 0.622. The Bertz CT molecular complexity index is 1420. The largest absolute Gasteiger partial charge is 0.370 e. The second-order valence-electron chi connectivity index (χ2n) is 8.36. The summed E-state index contributed by atoms with van der Waals surface area (Å²) in [6.45, 7) is 7.06. The van der Waals surface area contributed by atoms with E-state index in [1.807, 2.05) is 22.8 Å². The van der Waals surface area contributed by atoms with Crippen LogP contribution in [0, 0.1) is 12.7 Å². The number of halogens is 1. The minimum absolute atomic E-state index is 0.266. The van der Waals surface area contributed by atoms with Crippen LogP contribution in [-0.4, -0.2) is 31.1 Å². The summed E-state index contributed by atoms with van der Waals surface area (Å²) in [6.07, 6.45) is 5.54.